The van der Waals surface area contributed by atoms with Crippen molar-refractivity contribution in [3.8, 4) is 5.75 Å². The van der Waals surface area contributed by atoms with E-state index in [0.717, 1.165) is 69.2 Å². The number of allylic oxidation sites excluding steroid dienone is 2. The number of benzene rings is 1. The molecule has 262 valence electrons. The minimum absolute atomic E-state index is 0.362. The van der Waals surface area contributed by atoms with E-state index < -0.39 is 39.9 Å². The van der Waals surface area contributed by atoms with Gasteiger partial charge in [0, 0.05) is 63.3 Å². The third kappa shape index (κ3) is 6.10. The number of likely N-dealkylation sites (N-methyl/N-ethyl adjacent to an activating group) is 1. The van der Waals surface area contributed by atoms with Crippen molar-refractivity contribution in [3.63, 3.8) is 0 Å². The molecule has 2 fully saturated rings. The molecule has 0 bridgehead atoms. The van der Waals surface area contributed by atoms with Crippen LogP contribution in [0.15, 0.2) is 52.6 Å². The van der Waals surface area contributed by atoms with E-state index in [1.165, 1.54) is 38.9 Å². The van der Waals surface area contributed by atoms with Crippen LogP contribution in [0.1, 0.15) is 68.0 Å². The Balaban J connectivity index is 1.33. The van der Waals surface area contributed by atoms with E-state index in [-0.39, 0.29) is 0 Å². The van der Waals surface area contributed by atoms with Crippen molar-refractivity contribution in [2.24, 2.45) is 0 Å². The van der Waals surface area contributed by atoms with Gasteiger partial charge in [-0.1, -0.05) is 37.5 Å². The zero-order valence-electron chi connectivity index (χ0n) is 28.8. The molecule has 3 amide bonds. The van der Waals surface area contributed by atoms with E-state index >= 15 is 0 Å². The first-order chi connectivity index (χ1) is 23.5. The third-order valence-electron chi connectivity index (χ3n) is 10.9. The summed E-state index contributed by atoms with van der Waals surface area (Å²) in [5.74, 6) is -1.11. The second-order valence-corrected chi connectivity index (χ2v) is 16.0. The van der Waals surface area contributed by atoms with Gasteiger partial charge in [-0.2, -0.15) is 12.7 Å². The van der Waals surface area contributed by atoms with E-state index in [9.17, 15) is 22.8 Å². The number of hydrogen-bond acceptors (Lipinski definition) is 7. The number of amides is 3. The molecule has 0 spiro atoms. The molecular formula is C36H46N6O6S. The number of carbonyl (C=O) groups excluding carboxylic acids is 3. The molecule has 12 nitrogen and oxygen atoms in total. The molecule has 1 aromatic heterocycles. The van der Waals surface area contributed by atoms with Gasteiger partial charge >= 0.3 is 22.0 Å². The Morgan fingerprint density at radius 3 is 2.51 bits per heavy atom. The van der Waals surface area contributed by atoms with E-state index in [1.807, 2.05) is 25.3 Å². The first-order valence-electron chi connectivity index (χ1n) is 17.4. The highest BCUT2D eigenvalue weighted by Crippen LogP contribution is 2.54. The molecule has 3 heterocycles. The predicted octanol–water partition coefficient (Wildman–Crippen LogP) is 2.93. The van der Waals surface area contributed by atoms with Gasteiger partial charge in [-0.15, -0.1) is 0 Å². The predicted molar refractivity (Wildman–Crippen MR) is 186 cm³/mol. The second-order valence-electron chi connectivity index (χ2n) is 14.2. The Morgan fingerprint density at radius 1 is 1.00 bits per heavy atom. The molecule has 49 heavy (non-hydrogen) atoms. The average molecular weight is 691 g/mol. The van der Waals surface area contributed by atoms with Crippen LogP contribution in [0.2, 0.25) is 0 Å². The van der Waals surface area contributed by atoms with Crippen molar-refractivity contribution < 1.29 is 27.5 Å². The molecule has 1 unspecified atom stereocenters. The van der Waals surface area contributed by atoms with E-state index in [4.69, 9.17) is 4.74 Å². The number of rotatable bonds is 6. The van der Waals surface area contributed by atoms with Crippen molar-refractivity contribution in [2.75, 3.05) is 54.4 Å². The Morgan fingerprint density at radius 2 is 1.78 bits per heavy atom. The minimum Gasteiger partial charge on any atom is -0.496 e. The number of fused-ring (bicyclic) bond motifs is 6. The quantitative estimate of drug-likeness (QED) is 0.446. The maximum atomic E-state index is 13.7. The topological polar surface area (TPSA) is 133 Å². The third-order valence-corrected chi connectivity index (χ3v) is 12.3. The first-order valence-corrected chi connectivity index (χ1v) is 18.8. The fraction of sp³-hybridized carbons (Fsp3) is 0.528. The highest BCUT2D eigenvalue weighted by atomic mass is 32.2. The van der Waals surface area contributed by atoms with Crippen LogP contribution >= 0.6 is 0 Å². The number of carbonyl (C=O) groups is 3. The number of nitrogens with one attached hydrogen (secondary N) is 2. The van der Waals surface area contributed by atoms with Crippen LogP contribution in [0.4, 0.5) is 0 Å². The maximum absolute atomic E-state index is 13.7. The monoisotopic (exact) mass is 690 g/mol. The number of ether oxygens (including phenoxy) is 1. The average Bonchev–Trinajstić information content (AvgIpc) is 3.77. The minimum atomic E-state index is -4.02. The molecule has 2 aliphatic heterocycles. The highest BCUT2D eigenvalue weighted by molar-refractivity contribution is 7.87. The Labute approximate surface area is 288 Å². The molecule has 0 radical (unpaired) electrons. The van der Waals surface area contributed by atoms with Gasteiger partial charge in [-0.3, -0.25) is 14.4 Å². The van der Waals surface area contributed by atoms with Crippen molar-refractivity contribution in [1.29, 1.82) is 0 Å². The van der Waals surface area contributed by atoms with Gasteiger partial charge in [0.05, 0.1) is 18.2 Å². The summed E-state index contributed by atoms with van der Waals surface area (Å²) in [4.78, 5) is 44.5. The molecule has 13 heteroatoms. The van der Waals surface area contributed by atoms with Gasteiger partial charge in [0.2, 0.25) is 0 Å². The fourth-order valence-corrected chi connectivity index (χ4v) is 8.81. The molecule has 7 rings (SSSR count). The largest absolute Gasteiger partial charge is 0.496 e. The lowest BCUT2D eigenvalue weighted by Crippen LogP contribution is -2.49. The lowest BCUT2D eigenvalue weighted by Gasteiger charge is -2.32. The van der Waals surface area contributed by atoms with Gasteiger partial charge < -0.3 is 24.4 Å². The van der Waals surface area contributed by atoms with Crippen molar-refractivity contribution in [1.82, 2.24) is 28.7 Å². The van der Waals surface area contributed by atoms with Gasteiger partial charge in [0.15, 0.2) is 0 Å². The summed E-state index contributed by atoms with van der Waals surface area (Å²) >= 11 is 0. The van der Waals surface area contributed by atoms with Crippen molar-refractivity contribution in [2.45, 2.75) is 69.4 Å². The molecule has 2 atom stereocenters. The van der Waals surface area contributed by atoms with Crippen LogP contribution in [0, 0.1) is 0 Å². The van der Waals surface area contributed by atoms with E-state index in [0.29, 0.717) is 44.1 Å². The summed E-state index contributed by atoms with van der Waals surface area (Å²) in [7, 11) is 2.41. The van der Waals surface area contributed by atoms with Crippen LogP contribution in [-0.4, -0.2) is 105 Å². The number of nitrogens with zero attached hydrogens (tertiary/aromatic N) is 4. The lowest BCUT2D eigenvalue weighted by atomic mass is 9.81. The molecular weight excluding hydrogens is 644 g/mol. The lowest BCUT2D eigenvalue weighted by molar-refractivity contribution is -0.146. The molecule has 3 aliphatic carbocycles. The summed E-state index contributed by atoms with van der Waals surface area (Å²) in [6.45, 7) is 2.97. The van der Waals surface area contributed by atoms with Gasteiger partial charge in [0.1, 0.15) is 5.75 Å². The van der Waals surface area contributed by atoms with Crippen molar-refractivity contribution in [3.05, 3.63) is 63.9 Å². The SMILES string of the molecule is COc1ccc(C2CCCCC2)c2c1cc1n2CC2=C(C(=O)NS(=O)(=O)N(C)C)C2=C2C=CC[C@@H](NC(=O)C(=O)N3CCCN(C)CC3)C21. The van der Waals surface area contributed by atoms with Crippen LogP contribution in [-0.2, 0) is 31.1 Å². The Bertz CT molecular complexity index is 1920. The standard InChI is InChI=1S/C36H46N6O6S/c1-39(2)49(46,47)38-34(43)32-26-21-42-28(20-25-29(48-4)15-14-23(33(25)42)22-10-6-5-7-11-22)31-24(30(26)32)12-8-13-27(31)37-35(44)36(45)41-17-9-16-40(3)18-19-41/h8,12,14-15,20,22,27,31H,5-7,9-11,13,16-19,21H2,1-4H3,(H,37,44)(H,38,43)/t27-,31?/m1/s1. The van der Waals surface area contributed by atoms with Gasteiger partial charge in [-0.05, 0) is 79.6 Å². The number of aromatic nitrogens is 1. The van der Waals surface area contributed by atoms with Gasteiger partial charge in [-0.25, -0.2) is 4.72 Å². The molecule has 2 aromatic rings. The smallest absolute Gasteiger partial charge is 0.311 e. The highest BCUT2D eigenvalue weighted by Gasteiger charge is 2.47. The molecule has 5 aliphatic rings. The van der Waals surface area contributed by atoms with Crippen LogP contribution in [0.25, 0.3) is 10.9 Å². The van der Waals surface area contributed by atoms with Crippen molar-refractivity contribution >= 4 is 38.8 Å². The molecule has 2 N–H and O–H groups in total. The summed E-state index contributed by atoms with van der Waals surface area (Å²) in [6.07, 6.45) is 11.0. The Hall–Kier alpha value is -3.94. The summed E-state index contributed by atoms with van der Waals surface area (Å²) < 4.78 is 36.7. The summed E-state index contributed by atoms with van der Waals surface area (Å²) in [5, 5.41) is 4.08. The zero-order chi connectivity index (χ0) is 34.6. The van der Waals surface area contributed by atoms with E-state index in [2.05, 4.69) is 31.6 Å². The number of hydrogen-bond donors (Lipinski definition) is 2. The first kappa shape index (κ1) is 33.6. The zero-order valence-corrected chi connectivity index (χ0v) is 29.6. The van der Waals surface area contributed by atoms with Gasteiger partial charge in [0.25, 0.3) is 5.91 Å². The normalized spacial score (nSPS) is 23.1. The van der Waals surface area contributed by atoms with Crippen LogP contribution in [0.3, 0.4) is 0 Å². The fourth-order valence-electron chi connectivity index (χ4n) is 8.29. The molecule has 1 aromatic carbocycles. The van der Waals surface area contributed by atoms with Crippen LogP contribution < -0.4 is 14.8 Å². The Kier molecular flexibility index (Phi) is 8.95. The molecule has 1 saturated heterocycles. The molecule has 1 saturated carbocycles. The number of methoxy groups -OCH3 is 1. The summed E-state index contributed by atoms with van der Waals surface area (Å²) in [6, 6.07) is 5.88. The van der Waals surface area contributed by atoms with Crippen LogP contribution in [0.5, 0.6) is 5.75 Å². The maximum Gasteiger partial charge on any atom is 0.311 e. The van der Waals surface area contributed by atoms with E-state index in [1.54, 1.807) is 12.0 Å². The summed E-state index contributed by atoms with van der Waals surface area (Å²) in [5.41, 5.74) is 5.96. The second kappa shape index (κ2) is 13.1.